The first-order valence-electron chi connectivity index (χ1n) is 10.2. The highest BCUT2D eigenvalue weighted by Gasteiger charge is 2.18. The molecule has 8 heteroatoms. The molecule has 1 aromatic heterocycles. The summed E-state index contributed by atoms with van der Waals surface area (Å²) in [6.45, 7) is 10.4. The Labute approximate surface area is 183 Å². The summed E-state index contributed by atoms with van der Waals surface area (Å²) in [7, 11) is 2.17. The predicted molar refractivity (Wildman–Crippen MR) is 125 cm³/mol. The van der Waals surface area contributed by atoms with Crippen molar-refractivity contribution in [1.82, 2.24) is 20.5 Å². The standard InChI is InChI=1S/C21H31ClN6S/c1-4-23-21(24-9-8-17-15-29-16(2)26-17)25-14-18-19(22)6-5-7-20(18)28-12-10-27(3)11-13-28/h5-7,15H,4,8-14H2,1-3H3,(H2,23,24,25). The van der Waals surface area contributed by atoms with Crippen molar-refractivity contribution in [3.8, 4) is 0 Å². The Morgan fingerprint density at radius 3 is 2.72 bits per heavy atom. The van der Waals surface area contributed by atoms with Crippen molar-refractivity contribution < 1.29 is 0 Å². The van der Waals surface area contributed by atoms with Crippen molar-refractivity contribution in [2.24, 2.45) is 4.99 Å². The van der Waals surface area contributed by atoms with Crippen LogP contribution >= 0.6 is 22.9 Å². The molecule has 29 heavy (non-hydrogen) atoms. The Bertz CT molecular complexity index is 813. The molecular formula is C21H31ClN6S. The van der Waals surface area contributed by atoms with Crippen LogP contribution in [0.25, 0.3) is 0 Å². The van der Waals surface area contributed by atoms with Gasteiger partial charge in [0.1, 0.15) is 0 Å². The number of nitrogens with zero attached hydrogens (tertiary/aromatic N) is 4. The van der Waals surface area contributed by atoms with Crippen LogP contribution in [-0.2, 0) is 13.0 Å². The highest BCUT2D eigenvalue weighted by Crippen LogP contribution is 2.29. The molecule has 6 nitrogen and oxygen atoms in total. The Morgan fingerprint density at radius 2 is 2.03 bits per heavy atom. The molecule has 0 bridgehead atoms. The number of hydrogen-bond acceptors (Lipinski definition) is 5. The molecule has 0 unspecified atom stereocenters. The van der Waals surface area contributed by atoms with Crippen molar-refractivity contribution >= 4 is 34.6 Å². The molecule has 1 aromatic carbocycles. The second kappa shape index (κ2) is 10.8. The summed E-state index contributed by atoms with van der Waals surface area (Å²) in [5, 5.41) is 10.7. The number of piperazine rings is 1. The summed E-state index contributed by atoms with van der Waals surface area (Å²) < 4.78 is 0. The molecule has 0 radical (unpaired) electrons. The monoisotopic (exact) mass is 434 g/mol. The average molecular weight is 435 g/mol. The van der Waals surface area contributed by atoms with Gasteiger partial charge in [-0.3, -0.25) is 0 Å². The molecule has 1 aliphatic rings. The van der Waals surface area contributed by atoms with Gasteiger partial charge in [-0.25, -0.2) is 9.98 Å². The van der Waals surface area contributed by atoms with Crippen molar-refractivity contribution in [3.63, 3.8) is 0 Å². The summed E-state index contributed by atoms with van der Waals surface area (Å²) >= 11 is 8.26. The number of aliphatic imine (C=N–C) groups is 1. The minimum atomic E-state index is 0.548. The van der Waals surface area contributed by atoms with Gasteiger partial charge in [-0.1, -0.05) is 17.7 Å². The zero-order chi connectivity index (χ0) is 20.6. The summed E-state index contributed by atoms with van der Waals surface area (Å²) in [4.78, 5) is 14.1. The predicted octanol–water partition coefficient (Wildman–Crippen LogP) is 3.15. The number of likely N-dealkylation sites (N-methyl/N-ethyl adjacent to an activating group) is 1. The van der Waals surface area contributed by atoms with E-state index in [1.54, 1.807) is 11.3 Å². The molecule has 1 aliphatic heterocycles. The lowest BCUT2D eigenvalue weighted by molar-refractivity contribution is 0.312. The van der Waals surface area contributed by atoms with E-state index in [-0.39, 0.29) is 0 Å². The molecule has 0 aliphatic carbocycles. The second-order valence-electron chi connectivity index (χ2n) is 7.26. The summed E-state index contributed by atoms with van der Waals surface area (Å²) in [6.07, 6.45) is 0.882. The molecular weight excluding hydrogens is 404 g/mol. The normalized spacial score (nSPS) is 15.6. The van der Waals surface area contributed by atoms with E-state index in [1.807, 2.05) is 19.1 Å². The Morgan fingerprint density at radius 1 is 1.24 bits per heavy atom. The fraction of sp³-hybridized carbons (Fsp3) is 0.524. The van der Waals surface area contributed by atoms with Crippen molar-refractivity contribution in [3.05, 3.63) is 44.9 Å². The third kappa shape index (κ3) is 6.32. The summed E-state index contributed by atoms with van der Waals surface area (Å²) in [5.41, 5.74) is 3.41. The smallest absolute Gasteiger partial charge is 0.191 e. The van der Waals surface area contributed by atoms with E-state index in [0.717, 1.165) is 72.9 Å². The van der Waals surface area contributed by atoms with Crippen LogP contribution in [0.3, 0.4) is 0 Å². The van der Waals surface area contributed by atoms with Gasteiger partial charge in [-0.2, -0.15) is 0 Å². The minimum absolute atomic E-state index is 0.548. The SMILES string of the molecule is CCNC(=NCc1c(Cl)cccc1N1CCN(C)CC1)NCCc1csc(C)n1. The molecule has 0 amide bonds. The van der Waals surface area contributed by atoms with E-state index in [0.29, 0.717) is 6.54 Å². The fourth-order valence-electron chi connectivity index (χ4n) is 3.38. The Kier molecular flexibility index (Phi) is 8.15. The molecule has 2 aromatic rings. The van der Waals surface area contributed by atoms with Gasteiger partial charge in [0.2, 0.25) is 0 Å². The quantitative estimate of drug-likeness (QED) is 0.518. The first-order valence-corrected chi connectivity index (χ1v) is 11.5. The fourth-order valence-corrected chi connectivity index (χ4v) is 4.26. The highest BCUT2D eigenvalue weighted by atomic mass is 35.5. The molecule has 3 rings (SSSR count). The average Bonchev–Trinajstić information content (AvgIpc) is 3.12. The highest BCUT2D eigenvalue weighted by molar-refractivity contribution is 7.09. The van der Waals surface area contributed by atoms with Gasteiger partial charge < -0.3 is 20.4 Å². The van der Waals surface area contributed by atoms with Crippen molar-refractivity contribution in [2.75, 3.05) is 51.2 Å². The molecule has 0 saturated carbocycles. The third-order valence-electron chi connectivity index (χ3n) is 5.02. The number of guanidine groups is 1. The number of benzene rings is 1. The molecule has 1 fully saturated rings. The van der Waals surface area contributed by atoms with Crippen LogP contribution in [-0.4, -0.2) is 62.2 Å². The van der Waals surface area contributed by atoms with Gasteiger partial charge >= 0.3 is 0 Å². The maximum absolute atomic E-state index is 6.57. The van der Waals surface area contributed by atoms with Gasteiger partial charge in [-0.05, 0) is 33.0 Å². The zero-order valence-corrected chi connectivity index (χ0v) is 19.1. The number of rotatable bonds is 7. The number of aryl methyl sites for hydroxylation is 1. The lowest BCUT2D eigenvalue weighted by atomic mass is 10.1. The first-order chi connectivity index (χ1) is 14.1. The van der Waals surface area contributed by atoms with Gasteiger partial charge in [0, 0.05) is 67.3 Å². The minimum Gasteiger partial charge on any atom is -0.369 e. The molecule has 2 N–H and O–H groups in total. The van der Waals surface area contributed by atoms with Gasteiger partial charge in [0.25, 0.3) is 0 Å². The lowest BCUT2D eigenvalue weighted by Crippen LogP contribution is -2.44. The maximum Gasteiger partial charge on any atom is 0.191 e. The molecule has 158 valence electrons. The van der Waals surface area contributed by atoms with Gasteiger partial charge in [-0.15, -0.1) is 11.3 Å². The Hall–Kier alpha value is -1.83. The molecule has 2 heterocycles. The lowest BCUT2D eigenvalue weighted by Gasteiger charge is -2.35. The van der Waals surface area contributed by atoms with E-state index < -0.39 is 0 Å². The first kappa shape index (κ1) is 21.9. The van der Waals surface area contributed by atoms with Crippen LogP contribution in [0, 0.1) is 6.92 Å². The second-order valence-corrected chi connectivity index (χ2v) is 8.73. The number of nitrogens with one attached hydrogen (secondary N) is 2. The number of halogens is 1. The van der Waals surface area contributed by atoms with Crippen molar-refractivity contribution in [2.45, 2.75) is 26.8 Å². The molecule has 0 atom stereocenters. The van der Waals surface area contributed by atoms with E-state index >= 15 is 0 Å². The van der Waals surface area contributed by atoms with E-state index in [4.69, 9.17) is 16.6 Å². The molecule has 0 spiro atoms. The number of hydrogen-bond donors (Lipinski definition) is 2. The van der Waals surface area contributed by atoms with Crippen LogP contribution in [0.2, 0.25) is 5.02 Å². The van der Waals surface area contributed by atoms with Crippen LogP contribution in [0.15, 0.2) is 28.6 Å². The number of thiazole rings is 1. The van der Waals surface area contributed by atoms with Crippen molar-refractivity contribution in [1.29, 1.82) is 0 Å². The van der Waals surface area contributed by atoms with Crippen LogP contribution < -0.4 is 15.5 Å². The van der Waals surface area contributed by atoms with E-state index in [2.05, 4.69) is 50.8 Å². The van der Waals surface area contributed by atoms with Crippen LogP contribution in [0.4, 0.5) is 5.69 Å². The van der Waals surface area contributed by atoms with Gasteiger partial charge in [0.05, 0.1) is 17.2 Å². The Balaban J connectivity index is 1.66. The van der Waals surface area contributed by atoms with Gasteiger partial charge in [0.15, 0.2) is 5.96 Å². The van der Waals surface area contributed by atoms with Crippen LogP contribution in [0.5, 0.6) is 0 Å². The maximum atomic E-state index is 6.57. The molecule has 1 saturated heterocycles. The number of aromatic nitrogens is 1. The van der Waals surface area contributed by atoms with E-state index in [1.165, 1.54) is 5.69 Å². The summed E-state index contributed by atoms with van der Waals surface area (Å²) in [5.74, 6) is 0.809. The largest absolute Gasteiger partial charge is 0.369 e. The topological polar surface area (TPSA) is 55.8 Å². The third-order valence-corrected chi connectivity index (χ3v) is 6.19. The summed E-state index contributed by atoms with van der Waals surface area (Å²) in [6, 6.07) is 6.15. The van der Waals surface area contributed by atoms with E-state index in [9.17, 15) is 0 Å². The zero-order valence-electron chi connectivity index (χ0n) is 17.5. The number of anilines is 1. The van der Waals surface area contributed by atoms with Crippen LogP contribution in [0.1, 0.15) is 23.2 Å².